The molecular formula is C27H39F3. The molecule has 30 heavy (non-hydrogen) atoms. The zero-order valence-corrected chi connectivity index (χ0v) is 18.6. The number of fused-ring (bicyclic) bond motifs is 1. The van der Waals surface area contributed by atoms with Gasteiger partial charge < -0.3 is 0 Å². The number of alkyl halides is 3. The fourth-order valence-electron chi connectivity index (χ4n) is 7.07. The zero-order chi connectivity index (χ0) is 21.1. The minimum atomic E-state index is -4.23. The van der Waals surface area contributed by atoms with Crippen LogP contribution in [0, 0.1) is 29.6 Å². The third-order valence-corrected chi connectivity index (χ3v) is 8.88. The van der Waals surface area contributed by atoms with Crippen molar-refractivity contribution in [1.29, 1.82) is 0 Å². The van der Waals surface area contributed by atoms with Crippen LogP contribution in [0.2, 0.25) is 0 Å². The van der Waals surface area contributed by atoms with Crippen LogP contribution in [0.3, 0.4) is 0 Å². The van der Waals surface area contributed by atoms with Crippen molar-refractivity contribution in [3.8, 4) is 0 Å². The molecule has 3 heteroatoms. The summed E-state index contributed by atoms with van der Waals surface area (Å²) in [5, 5.41) is 0. The van der Waals surface area contributed by atoms with Gasteiger partial charge in [-0.05, 0) is 111 Å². The first-order valence-electron chi connectivity index (χ1n) is 12.6. The summed E-state index contributed by atoms with van der Waals surface area (Å²) in [6.07, 6.45) is 13.6. The Kier molecular flexibility index (Phi) is 7.15. The van der Waals surface area contributed by atoms with E-state index in [2.05, 4.69) is 6.92 Å². The van der Waals surface area contributed by atoms with Crippen molar-refractivity contribution in [2.75, 3.05) is 0 Å². The van der Waals surface area contributed by atoms with Gasteiger partial charge in [0.05, 0.1) is 5.56 Å². The maximum absolute atomic E-state index is 12.8. The standard InChI is InChI=1S/C27H39F3/c1-2-3-4-19-5-6-25-18-24(12-11-23(25)17-19)22-9-7-20(8-10-22)21-13-15-26(16-14-21)27(28,29)30/h13-16,19-20,22-25H,2-12,17-18H2,1H3. The number of hydrogen-bond donors (Lipinski definition) is 0. The Morgan fingerprint density at radius 2 is 1.30 bits per heavy atom. The van der Waals surface area contributed by atoms with Gasteiger partial charge in [-0.1, -0.05) is 44.7 Å². The summed E-state index contributed by atoms with van der Waals surface area (Å²) in [5.74, 6) is 5.20. The Hall–Kier alpha value is -0.990. The fraction of sp³-hybridized carbons (Fsp3) is 0.778. The van der Waals surface area contributed by atoms with Crippen LogP contribution in [0.15, 0.2) is 24.3 Å². The van der Waals surface area contributed by atoms with Crippen LogP contribution >= 0.6 is 0 Å². The van der Waals surface area contributed by atoms with Crippen LogP contribution in [0.1, 0.15) is 107 Å². The van der Waals surface area contributed by atoms with E-state index in [-0.39, 0.29) is 0 Å². The van der Waals surface area contributed by atoms with E-state index in [0.717, 1.165) is 48.0 Å². The predicted molar refractivity (Wildman–Crippen MR) is 117 cm³/mol. The van der Waals surface area contributed by atoms with E-state index in [1.807, 2.05) is 0 Å². The molecule has 3 aliphatic carbocycles. The molecule has 3 fully saturated rings. The summed E-state index contributed by atoms with van der Waals surface area (Å²) >= 11 is 0. The molecule has 168 valence electrons. The number of hydrogen-bond acceptors (Lipinski definition) is 0. The summed E-state index contributed by atoms with van der Waals surface area (Å²) in [4.78, 5) is 0. The molecule has 0 saturated heterocycles. The Labute approximate surface area is 181 Å². The first-order valence-corrected chi connectivity index (χ1v) is 12.6. The lowest BCUT2D eigenvalue weighted by Gasteiger charge is -2.45. The highest BCUT2D eigenvalue weighted by molar-refractivity contribution is 5.27. The summed E-state index contributed by atoms with van der Waals surface area (Å²) in [6, 6.07) is 5.96. The van der Waals surface area contributed by atoms with Gasteiger partial charge in [0.15, 0.2) is 0 Å². The lowest BCUT2D eigenvalue weighted by molar-refractivity contribution is -0.137. The van der Waals surface area contributed by atoms with Gasteiger partial charge in [0.2, 0.25) is 0 Å². The van der Waals surface area contributed by atoms with Gasteiger partial charge >= 0.3 is 6.18 Å². The third-order valence-electron chi connectivity index (χ3n) is 8.88. The molecule has 4 atom stereocenters. The summed E-state index contributed by atoms with van der Waals surface area (Å²) < 4.78 is 38.4. The Bertz CT molecular complexity index is 654. The lowest BCUT2D eigenvalue weighted by Crippen LogP contribution is -2.34. The van der Waals surface area contributed by atoms with E-state index in [9.17, 15) is 13.2 Å². The second-order valence-electron chi connectivity index (χ2n) is 10.6. The van der Waals surface area contributed by atoms with Crippen LogP contribution in [0.25, 0.3) is 0 Å². The fourth-order valence-corrected chi connectivity index (χ4v) is 7.07. The van der Waals surface area contributed by atoms with Crippen molar-refractivity contribution in [1.82, 2.24) is 0 Å². The average molecular weight is 421 g/mol. The molecule has 0 N–H and O–H groups in total. The van der Waals surface area contributed by atoms with E-state index in [1.54, 1.807) is 12.1 Å². The van der Waals surface area contributed by atoms with Crippen molar-refractivity contribution >= 4 is 0 Å². The van der Waals surface area contributed by atoms with Gasteiger partial charge in [0.25, 0.3) is 0 Å². The van der Waals surface area contributed by atoms with Gasteiger partial charge in [-0.3, -0.25) is 0 Å². The summed E-state index contributed by atoms with van der Waals surface area (Å²) in [6.45, 7) is 2.31. The second kappa shape index (κ2) is 9.65. The Balaban J connectivity index is 1.25. The van der Waals surface area contributed by atoms with E-state index in [4.69, 9.17) is 0 Å². The molecule has 4 unspecified atom stereocenters. The van der Waals surface area contributed by atoms with Crippen molar-refractivity contribution in [3.63, 3.8) is 0 Å². The zero-order valence-electron chi connectivity index (χ0n) is 18.6. The molecule has 0 spiro atoms. The van der Waals surface area contributed by atoms with Crippen LogP contribution in [-0.2, 0) is 6.18 Å². The minimum absolute atomic E-state index is 0.453. The molecule has 4 rings (SSSR count). The van der Waals surface area contributed by atoms with Crippen molar-refractivity contribution in [2.45, 2.75) is 102 Å². The number of unbranched alkanes of at least 4 members (excludes halogenated alkanes) is 1. The third kappa shape index (κ3) is 5.25. The van der Waals surface area contributed by atoms with Gasteiger partial charge in [-0.2, -0.15) is 13.2 Å². The first-order chi connectivity index (χ1) is 14.4. The highest BCUT2D eigenvalue weighted by Gasteiger charge is 2.38. The van der Waals surface area contributed by atoms with Crippen molar-refractivity contribution in [2.24, 2.45) is 29.6 Å². The smallest absolute Gasteiger partial charge is 0.166 e. The van der Waals surface area contributed by atoms with E-state index in [0.29, 0.717) is 5.92 Å². The van der Waals surface area contributed by atoms with E-state index in [1.165, 1.54) is 82.8 Å². The SMILES string of the molecule is CCCCC1CCC2CC(C3CCC(c4ccc(C(F)(F)F)cc4)CC3)CCC2C1. The van der Waals surface area contributed by atoms with Crippen LogP contribution in [-0.4, -0.2) is 0 Å². The molecule has 1 aromatic carbocycles. The van der Waals surface area contributed by atoms with Crippen molar-refractivity contribution < 1.29 is 13.2 Å². The number of halogens is 3. The molecule has 3 aliphatic rings. The number of rotatable bonds is 5. The molecule has 0 radical (unpaired) electrons. The Morgan fingerprint density at radius 1 is 0.733 bits per heavy atom. The maximum atomic E-state index is 12.8. The highest BCUT2D eigenvalue weighted by Crippen LogP contribution is 2.50. The molecule has 1 aromatic rings. The van der Waals surface area contributed by atoms with Crippen LogP contribution in [0.4, 0.5) is 13.2 Å². The molecular weight excluding hydrogens is 381 g/mol. The normalized spacial score (nSPS) is 35.1. The van der Waals surface area contributed by atoms with Crippen LogP contribution in [0.5, 0.6) is 0 Å². The topological polar surface area (TPSA) is 0 Å². The molecule has 0 heterocycles. The largest absolute Gasteiger partial charge is 0.416 e. The number of benzene rings is 1. The van der Waals surface area contributed by atoms with E-state index >= 15 is 0 Å². The average Bonchev–Trinajstić information content (AvgIpc) is 2.77. The van der Waals surface area contributed by atoms with Crippen molar-refractivity contribution in [3.05, 3.63) is 35.4 Å². The quantitative estimate of drug-likeness (QED) is 0.446. The van der Waals surface area contributed by atoms with Gasteiger partial charge in [-0.15, -0.1) is 0 Å². The molecule has 0 bridgehead atoms. The van der Waals surface area contributed by atoms with Gasteiger partial charge in [0, 0.05) is 0 Å². The highest BCUT2D eigenvalue weighted by atomic mass is 19.4. The Morgan fingerprint density at radius 3 is 1.93 bits per heavy atom. The van der Waals surface area contributed by atoms with Gasteiger partial charge in [-0.25, -0.2) is 0 Å². The monoisotopic (exact) mass is 420 g/mol. The molecule has 0 aromatic heterocycles. The molecule has 0 aliphatic heterocycles. The second-order valence-corrected chi connectivity index (χ2v) is 10.6. The lowest BCUT2D eigenvalue weighted by atomic mass is 9.60. The minimum Gasteiger partial charge on any atom is -0.166 e. The summed E-state index contributed by atoms with van der Waals surface area (Å²) in [7, 11) is 0. The molecule has 0 amide bonds. The first kappa shape index (κ1) is 22.2. The molecule has 0 nitrogen and oxygen atoms in total. The van der Waals surface area contributed by atoms with Crippen LogP contribution < -0.4 is 0 Å². The molecule has 3 saturated carbocycles. The van der Waals surface area contributed by atoms with E-state index < -0.39 is 11.7 Å². The maximum Gasteiger partial charge on any atom is 0.416 e. The van der Waals surface area contributed by atoms with Gasteiger partial charge in [0.1, 0.15) is 0 Å². The predicted octanol–water partition coefficient (Wildman–Crippen LogP) is 9.00. The summed E-state index contributed by atoms with van der Waals surface area (Å²) in [5.41, 5.74) is 0.580.